The van der Waals surface area contributed by atoms with Crippen LogP contribution in [0.15, 0.2) is 66.8 Å². The Bertz CT molecular complexity index is 701. The van der Waals surface area contributed by atoms with Crippen molar-refractivity contribution in [1.29, 1.82) is 0 Å². The number of carbonyl (C=O) groups excluding carboxylic acids is 1. The fourth-order valence-electron chi connectivity index (χ4n) is 2.50. The van der Waals surface area contributed by atoms with Crippen molar-refractivity contribution in [3.63, 3.8) is 0 Å². The summed E-state index contributed by atoms with van der Waals surface area (Å²) >= 11 is 0. The first kappa shape index (κ1) is 17.0. The summed E-state index contributed by atoms with van der Waals surface area (Å²) in [5.74, 6) is 0.101. The molecule has 118 valence electrons. The molecule has 0 N–H and O–H groups in total. The first-order valence-electron chi connectivity index (χ1n) is 8.24. The van der Waals surface area contributed by atoms with Gasteiger partial charge in [0.1, 0.15) is 0 Å². The Labute approximate surface area is 139 Å². The van der Waals surface area contributed by atoms with Crippen LogP contribution in [0.4, 0.5) is 0 Å². The molecule has 0 fully saturated rings. The van der Waals surface area contributed by atoms with Gasteiger partial charge in [0.25, 0.3) is 0 Å². The highest BCUT2D eigenvalue weighted by molar-refractivity contribution is 5.94. The van der Waals surface area contributed by atoms with E-state index in [0.717, 1.165) is 24.0 Å². The first-order chi connectivity index (χ1) is 11.2. The minimum Gasteiger partial charge on any atom is -0.295 e. The predicted molar refractivity (Wildman–Crippen MR) is 99.6 cm³/mol. The number of ketones is 1. The molecule has 2 aromatic carbocycles. The molecule has 0 radical (unpaired) electrons. The van der Waals surface area contributed by atoms with Gasteiger partial charge in [-0.3, -0.25) is 4.79 Å². The molecule has 1 nitrogen and oxygen atoms in total. The van der Waals surface area contributed by atoms with E-state index in [1.165, 1.54) is 16.7 Å². The molecule has 23 heavy (non-hydrogen) atoms. The summed E-state index contributed by atoms with van der Waals surface area (Å²) in [6.07, 6.45) is 8.71. The monoisotopic (exact) mass is 304 g/mol. The van der Waals surface area contributed by atoms with Gasteiger partial charge in [-0.1, -0.05) is 80.6 Å². The average molecular weight is 304 g/mol. The third-order valence-electron chi connectivity index (χ3n) is 3.80. The van der Waals surface area contributed by atoms with E-state index < -0.39 is 0 Å². The molecule has 0 aliphatic carbocycles. The van der Waals surface area contributed by atoms with Crippen molar-refractivity contribution in [1.82, 2.24) is 0 Å². The third-order valence-corrected chi connectivity index (χ3v) is 3.80. The zero-order chi connectivity index (χ0) is 16.7. The van der Waals surface area contributed by atoms with Gasteiger partial charge in [-0.15, -0.1) is 0 Å². The Kier molecular flexibility index (Phi) is 6.10. The number of hydrogen-bond donors (Lipinski definition) is 0. The summed E-state index contributed by atoms with van der Waals surface area (Å²) in [5, 5.41) is 0. The lowest BCUT2D eigenvalue weighted by Crippen LogP contribution is -1.90. The largest absolute Gasteiger partial charge is 0.295 e. The maximum absolute atomic E-state index is 11.3. The number of allylic oxidation sites excluding steroid dienone is 4. The smallest absolute Gasteiger partial charge is 0.159 e. The van der Waals surface area contributed by atoms with Gasteiger partial charge < -0.3 is 0 Å². The van der Waals surface area contributed by atoms with Crippen LogP contribution in [-0.4, -0.2) is 5.78 Å². The van der Waals surface area contributed by atoms with Gasteiger partial charge in [0.05, 0.1) is 0 Å². The van der Waals surface area contributed by atoms with Gasteiger partial charge in [0.15, 0.2) is 5.78 Å². The van der Waals surface area contributed by atoms with E-state index in [9.17, 15) is 4.79 Å². The van der Waals surface area contributed by atoms with E-state index in [-0.39, 0.29) is 5.78 Å². The fraction of sp³-hybridized carbons (Fsp3) is 0.227. The lowest BCUT2D eigenvalue weighted by Gasteiger charge is -2.07. The van der Waals surface area contributed by atoms with E-state index in [1.54, 1.807) is 6.92 Å². The molecule has 2 rings (SSSR count). The normalized spacial score (nSPS) is 11.9. The van der Waals surface area contributed by atoms with Gasteiger partial charge in [-0.05, 0) is 42.0 Å². The minimum atomic E-state index is 0.101. The topological polar surface area (TPSA) is 17.1 Å². The summed E-state index contributed by atoms with van der Waals surface area (Å²) in [5.41, 5.74) is 5.56. The molecule has 0 saturated carbocycles. The van der Waals surface area contributed by atoms with Crippen molar-refractivity contribution in [2.45, 2.75) is 33.6 Å². The Morgan fingerprint density at radius 2 is 1.35 bits per heavy atom. The van der Waals surface area contributed by atoms with Crippen LogP contribution in [0.3, 0.4) is 0 Å². The van der Waals surface area contributed by atoms with Crippen LogP contribution in [0.1, 0.15) is 49.5 Å². The second-order valence-corrected chi connectivity index (χ2v) is 5.59. The van der Waals surface area contributed by atoms with Crippen LogP contribution < -0.4 is 0 Å². The lowest BCUT2D eigenvalue weighted by molar-refractivity contribution is 0.101. The van der Waals surface area contributed by atoms with Crippen molar-refractivity contribution in [2.75, 3.05) is 0 Å². The highest BCUT2D eigenvalue weighted by atomic mass is 16.1. The molecular formula is C22H24O. The van der Waals surface area contributed by atoms with E-state index >= 15 is 0 Å². The van der Waals surface area contributed by atoms with Gasteiger partial charge in [0, 0.05) is 5.56 Å². The second-order valence-electron chi connectivity index (χ2n) is 5.59. The van der Waals surface area contributed by atoms with Gasteiger partial charge in [0.2, 0.25) is 0 Å². The molecule has 0 aromatic heterocycles. The van der Waals surface area contributed by atoms with E-state index in [4.69, 9.17) is 0 Å². The zero-order valence-electron chi connectivity index (χ0n) is 14.2. The molecule has 0 atom stereocenters. The maximum Gasteiger partial charge on any atom is 0.159 e. The molecule has 1 heteroatoms. The van der Waals surface area contributed by atoms with E-state index in [1.807, 2.05) is 24.3 Å². The van der Waals surface area contributed by atoms with E-state index in [2.05, 4.69) is 56.3 Å². The first-order valence-corrected chi connectivity index (χ1v) is 8.24. The van der Waals surface area contributed by atoms with Gasteiger partial charge in [-0.25, -0.2) is 0 Å². The average Bonchev–Trinajstić information content (AvgIpc) is 2.59. The molecule has 0 aliphatic heterocycles. The van der Waals surface area contributed by atoms with Crippen LogP contribution in [0.25, 0.3) is 16.7 Å². The highest BCUT2D eigenvalue weighted by Gasteiger charge is 2.02. The molecule has 0 saturated heterocycles. The van der Waals surface area contributed by atoms with Crippen LogP contribution in [0, 0.1) is 0 Å². The number of benzene rings is 2. The molecule has 0 heterocycles. The Morgan fingerprint density at radius 3 is 1.78 bits per heavy atom. The Balaban J connectivity index is 2.26. The zero-order valence-corrected chi connectivity index (χ0v) is 14.2. The molecular weight excluding hydrogens is 280 g/mol. The SMILES string of the molecule is CC/C=C\C(=C/CC)c1ccc(-c2ccc(C(C)=O)cc2)cc1. The van der Waals surface area contributed by atoms with Crippen LogP contribution in [0.5, 0.6) is 0 Å². The summed E-state index contributed by atoms with van der Waals surface area (Å²) in [4.78, 5) is 11.3. The fourth-order valence-corrected chi connectivity index (χ4v) is 2.50. The number of rotatable bonds is 6. The van der Waals surface area contributed by atoms with Gasteiger partial charge >= 0.3 is 0 Å². The molecule has 2 aromatic rings. The molecule has 0 unspecified atom stereocenters. The molecule has 0 aliphatic rings. The standard InChI is InChI=1S/C22H24O/c1-4-6-8-19(7-5-2)20-13-15-22(16-14-20)21-11-9-18(10-12-21)17(3)23/h6-16H,4-5H2,1-3H3/b8-6-,19-7+. The second kappa shape index (κ2) is 8.28. The highest BCUT2D eigenvalue weighted by Crippen LogP contribution is 2.24. The van der Waals surface area contributed by atoms with Gasteiger partial charge in [-0.2, -0.15) is 0 Å². The number of hydrogen-bond acceptors (Lipinski definition) is 1. The molecule has 0 bridgehead atoms. The summed E-state index contributed by atoms with van der Waals surface area (Å²) < 4.78 is 0. The minimum absolute atomic E-state index is 0.101. The predicted octanol–water partition coefficient (Wildman–Crippen LogP) is 6.32. The summed E-state index contributed by atoms with van der Waals surface area (Å²) in [6.45, 7) is 5.90. The quantitative estimate of drug-likeness (QED) is 0.451. The Hall–Kier alpha value is -2.41. The van der Waals surface area contributed by atoms with Crippen molar-refractivity contribution in [3.05, 3.63) is 77.9 Å². The summed E-state index contributed by atoms with van der Waals surface area (Å²) in [6, 6.07) is 16.4. The maximum atomic E-state index is 11.3. The lowest BCUT2D eigenvalue weighted by atomic mass is 9.98. The summed E-state index contributed by atoms with van der Waals surface area (Å²) in [7, 11) is 0. The van der Waals surface area contributed by atoms with Crippen molar-refractivity contribution < 1.29 is 4.79 Å². The third kappa shape index (κ3) is 4.53. The van der Waals surface area contributed by atoms with E-state index in [0.29, 0.717) is 0 Å². The van der Waals surface area contributed by atoms with Crippen LogP contribution >= 0.6 is 0 Å². The van der Waals surface area contributed by atoms with Crippen molar-refractivity contribution in [2.24, 2.45) is 0 Å². The Morgan fingerprint density at radius 1 is 0.826 bits per heavy atom. The van der Waals surface area contributed by atoms with Crippen LogP contribution in [0.2, 0.25) is 0 Å². The number of Topliss-reactive ketones (excluding diaryl/α,β-unsaturated/α-hetero) is 1. The van der Waals surface area contributed by atoms with Crippen LogP contribution in [-0.2, 0) is 0 Å². The number of carbonyl (C=O) groups is 1. The molecule has 0 amide bonds. The molecule has 0 spiro atoms. The van der Waals surface area contributed by atoms with Crippen molar-refractivity contribution >= 4 is 11.4 Å². The van der Waals surface area contributed by atoms with Crippen molar-refractivity contribution in [3.8, 4) is 11.1 Å².